The van der Waals surface area contributed by atoms with Crippen LogP contribution < -0.4 is 0 Å². The van der Waals surface area contributed by atoms with E-state index in [1.807, 2.05) is 30.3 Å². The summed E-state index contributed by atoms with van der Waals surface area (Å²) in [5.41, 5.74) is 2.14. The van der Waals surface area contributed by atoms with Gasteiger partial charge in [-0.25, -0.2) is 0 Å². The number of hydrogen-bond donors (Lipinski definition) is 2. The van der Waals surface area contributed by atoms with Crippen molar-refractivity contribution in [1.82, 2.24) is 0 Å². The van der Waals surface area contributed by atoms with Crippen LogP contribution in [0, 0.1) is 11.8 Å². The number of hydrogen-bond acceptors (Lipinski definition) is 5. The van der Waals surface area contributed by atoms with E-state index >= 15 is 0 Å². The van der Waals surface area contributed by atoms with Crippen LogP contribution in [0.2, 0.25) is 0 Å². The molecule has 174 valence electrons. The first-order chi connectivity index (χ1) is 14.9. The molecule has 2 rings (SSSR count). The number of carbonyl (C=O) groups is 1. The van der Waals surface area contributed by atoms with Crippen molar-refractivity contribution in [1.29, 1.82) is 0 Å². The minimum atomic E-state index is -0.613. The molecule has 1 aliphatic rings. The maximum Gasteiger partial charge on any atom is 0.305 e. The Labute approximate surface area is 191 Å². The van der Waals surface area contributed by atoms with Gasteiger partial charge in [-0.1, -0.05) is 55.7 Å². The lowest BCUT2D eigenvalue weighted by atomic mass is 9.88. The highest BCUT2D eigenvalue weighted by molar-refractivity contribution is 6.21. The Morgan fingerprint density at radius 3 is 2.71 bits per heavy atom. The molecule has 0 radical (unpaired) electrons. The SMILES string of the molecule is COCc1cccc(C[C@H](O)/C=C/[C@@H]2[C@@H](CCCCCCC(=O)OC)[C@H](Cl)C[C@H]2O)c1. The van der Waals surface area contributed by atoms with Gasteiger partial charge in [0.15, 0.2) is 0 Å². The lowest BCUT2D eigenvalue weighted by Gasteiger charge is -2.21. The van der Waals surface area contributed by atoms with Crippen LogP contribution in [0.1, 0.15) is 56.1 Å². The second-order valence-corrected chi connectivity index (χ2v) is 9.06. The largest absolute Gasteiger partial charge is 0.469 e. The van der Waals surface area contributed by atoms with Gasteiger partial charge >= 0.3 is 5.97 Å². The summed E-state index contributed by atoms with van der Waals surface area (Å²) in [7, 11) is 3.08. The first-order valence-corrected chi connectivity index (χ1v) is 11.7. The minimum Gasteiger partial charge on any atom is -0.469 e. The fraction of sp³-hybridized carbons (Fsp3) is 0.640. The third-order valence-corrected chi connectivity index (χ3v) is 6.57. The highest BCUT2D eigenvalue weighted by Gasteiger charge is 2.39. The molecule has 5 nitrogen and oxygen atoms in total. The lowest BCUT2D eigenvalue weighted by molar-refractivity contribution is -0.140. The Bertz CT molecular complexity index is 692. The molecule has 2 N–H and O–H groups in total. The number of benzene rings is 1. The van der Waals surface area contributed by atoms with Crippen LogP contribution >= 0.6 is 11.6 Å². The minimum absolute atomic E-state index is 0.0351. The molecule has 6 heteroatoms. The topological polar surface area (TPSA) is 76.0 Å². The van der Waals surface area contributed by atoms with Gasteiger partial charge in [0.25, 0.3) is 0 Å². The molecule has 5 atom stereocenters. The number of aliphatic hydroxyl groups is 2. The number of methoxy groups -OCH3 is 2. The summed E-state index contributed by atoms with van der Waals surface area (Å²) >= 11 is 6.53. The molecule has 1 fully saturated rings. The van der Waals surface area contributed by atoms with Crippen molar-refractivity contribution in [2.45, 2.75) is 75.6 Å². The number of rotatable bonds is 13. The number of unbranched alkanes of at least 4 members (excludes halogenated alkanes) is 3. The highest BCUT2D eigenvalue weighted by atomic mass is 35.5. The summed E-state index contributed by atoms with van der Waals surface area (Å²) in [6, 6.07) is 8.02. The quantitative estimate of drug-likeness (QED) is 0.200. The molecule has 1 aromatic rings. The maximum atomic E-state index is 11.2. The van der Waals surface area contributed by atoms with Crippen molar-refractivity contribution in [2.24, 2.45) is 11.8 Å². The van der Waals surface area contributed by atoms with E-state index < -0.39 is 12.2 Å². The van der Waals surface area contributed by atoms with E-state index in [4.69, 9.17) is 16.3 Å². The average Bonchev–Trinajstić information content (AvgIpc) is 3.01. The molecular formula is C25H37ClO5. The number of halogens is 1. The molecule has 1 aliphatic carbocycles. The van der Waals surface area contributed by atoms with Gasteiger partial charge in [-0.15, -0.1) is 11.6 Å². The molecule has 0 unspecified atom stereocenters. The Kier molecular flexibility index (Phi) is 11.6. The Hall–Kier alpha value is -1.40. The van der Waals surface area contributed by atoms with Crippen molar-refractivity contribution in [3.8, 4) is 0 Å². The van der Waals surface area contributed by atoms with Crippen LogP contribution in [0.3, 0.4) is 0 Å². The molecule has 0 aromatic heterocycles. The van der Waals surface area contributed by atoms with E-state index in [0.717, 1.165) is 43.2 Å². The number of carbonyl (C=O) groups excluding carboxylic acids is 1. The molecular weight excluding hydrogens is 416 g/mol. The number of aliphatic hydroxyl groups excluding tert-OH is 2. The predicted molar refractivity (Wildman–Crippen MR) is 123 cm³/mol. The van der Waals surface area contributed by atoms with Gasteiger partial charge in [0, 0.05) is 31.2 Å². The second kappa shape index (κ2) is 13.9. The van der Waals surface area contributed by atoms with E-state index in [9.17, 15) is 15.0 Å². The normalized spacial score (nSPS) is 24.5. The van der Waals surface area contributed by atoms with Gasteiger partial charge in [-0.2, -0.15) is 0 Å². The molecule has 0 bridgehead atoms. The number of esters is 1. The summed E-state index contributed by atoms with van der Waals surface area (Å²) in [5.74, 6) is 0.00622. The zero-order valence-corrected chi connectivity index (χ0v) is 19.5. The smallest absolute Gasteiger partial charge is 0.305 e. The fourth-order valence-electron chi connectivity index (χ4n) is 4.42. The van der Waals surface area contributed by atoms with Gasteiger partial charge in [-0.05, 0) is 36.3 Å². The van der Waals surface area contributed by atoms with Gasteiger partial charge in [0.05, 0.1) is 25.9 Å². The van der Waals surface area contributed by atoms with Crippen LogP contribution in [0.25, 0.3) is 0 Å². The van der Waals surface area contributed by atoms with Crippen LogP contribution in [0.15, 0.2) is 36.4 Å². The van der Waals surface area contributed by atoms with Gasteiger partial charge in [0.1, 0.15) is 0 Å². The zero-order chi connectivity index (χ0) is 22.6. The predicted octanol–water partition coefficient (Wildman–Crippen LogP) is 4.41. The van der Waals surface area contributed by atoms with E-state index in [0.29, 0.717) is 25.9 Å². The maximum absolute atomic E-state index is 11.2. The molecule has 0 amide bonds. The molecule has 1 saturated carbocycles. The fourth-order valence-corrected chi connectivity index (χ4v) is 4.89. The average molecular weight is 453 g/mol. The summed E-state index contributed by atoms with van der Waals surface area (Å²) < 4.78 is 9.83. The molecule has 0 aliphatic heterocycles. The molecule has 0 spiro atoms. The lowest BCUT2D eigenvalue weighted by Crippen LogP contribution is -2.19. The number of ether oxygens (including phenoxy) is 2. The van der Waals surface area contributed by atoms with E-state index in [-0.39, 0.29) is 23.2 Å². The molecule has 1 aromatic carbocycles. The highest BCUT2D eigenvalue weighted by Crippen LogP contribution is 2.40. The van der Waals surface area contributed by atoms with Crippen molar-refractivity contribution in [3.05, 3.63) is 47.5 Å². The Morgan fingerprint density at radius 1 is 1.23 bits per heavy atom. The first kappa shape index (κ1) is 25.9. The zero-order valence-electron chi connectivity index (χ0n) is 18.7. The number of alkyl halides is 1. The molecule has 31 heavy (non-hydrogen) atoms. The third-order valence-electron chi connectivity index (χ3n) is 6.07. The van der Waals surface area contributed by atoms with Crippen molar-refractivity contribution in [3.63, 3.8) is 0 Å². The first-order valence-electron chi connectivity index (χ1n) is 11.3. The summed E-state index contributed by atoms with van der Waals surface area (Å²) in [6.45, 7) is 0.551. The third kappa shape index (κ3) is 8.93. The van der Waals surface area contributed by atoms with E-state index in [1.165, 1.54) is 7.11 Å². The van der Waals surface area contributed by atoms with Crippen molar-refractivity contribution in [2.75, 3.05) is 14.2 Å². The Balaban J connectivity index is 1.82. The Morgan fingerprint density at radius 2 is 1.97 bits per heavy atom. The van der Waals surface area contributed by atoms with Gasteiger partial charge in [0.2, 0.25) is 0 Å². The van der Waals surface area contributed by atoms with Crippen LogP contribution in [0.4, 0.5) is 0 Å². The standard InChI is InChI=1S/C25H37ClO5/c1-30-17-19-9-7-8-18(14-19)15-20(27)12-13-22-21(23(26)16-24(22)28)10-5-3-4-6-11-25(29)31-2/h7-9,12-14,20-24,27-28H,3-6,10-11,15-17H2,1-2H3/b13-12+/t20-,21-,22-,23-,24-/m1/s1. The van der Waals surface area contributed by atoms with Gasteiger partial charge < -0.3 is 19.7 Å². The summed E-state index contributed by atoms with van der Waals surface area (Å²) in [5, 5.41) is 20.9. The summed E-state index contributed by atoms with van der Waals surface area (Å²) in [4.78, 5) is 11.2. The van der Waals surface area contributed by atoms with Crippen molar-refractivity contribution >= 4 is 17.6 Å². The van der Waals surface area contributed by atoms with Crippen LogP contribution in [0.5, 0.6) is 0 Å². The van der Waals surface area contributed by atoms with E-state index in [2.05, 4.69) is 4.74 Å². The van der Waals surface area contributed by atoms with Crippen LogP contribution in [-0.2, 0) is 27.3 Å². The second-order valence-electron chi connectivity index (χ2n) is 8.50. The van der Waals surface area contributed by atoms with Crippen molar-refractivity contribution < 1.29 is 24.5 Å². The molecule has 0 saturated heterocycles. The van der Waals surface area contributed by atoms with E-state index in [1.54, 1.807) is 13.2 Å². The summed E-state index contributed by atoms with van der Waals surface area (Å²) in [6.07, 6.45) is 9.05. The monoisotopic (exact) mass is 452 g/mol. The van der Waals surface area contributed by atoms with Crippen LogP contribution in [-0.4, -0.2) is 48.0 Å². The van der Waals surface area contributed by atoms with Gasteiger partial charge in [-0.3, -0.25) is 4.79 Å². The molecule has 0 heterocycles.